The molecule has 30 heavy (non-hydrogen) atoms. The van der Waals surface area contributed by atoms with Gasteiger partial charge in [-0.05, 0) is 12.1 Å². The molecular formula is C22H17N3O3S2. The number of rotatable bonds is 7. The molecule has 150 valence electrons. The number of nitrogens with two attached hydrogens (primary N) is 1. The first-order valence-electron chi connectivity index (χ1n) is 9.08. The highest BCUT2D eigenvalue weighted by atomic mass is 32.1. The number of esters is 1. The van der Waals surface area contributed by atoms with Crippen LogP contribution < -0.4 is 5.73 Å². The van der Waals surface area contributed by atoms with Gasteiger partial charge in [-0.1, -0.05) is 42.5 Å². The van der Waals surface area contributed by atoms with Gasteiger partial charge in [-0.2, -0.15) is 0 Å². The van der Waals surface area contributed by atoms with Gasteiger partial charge < -0.3 is 10.5 Å². The van der Waals surface area contributed by atoms with E-state index in [1.807, 2.05) is 41.1 Å². The zero-order valence-corrected chi connectivity index (χ0v) is 17.4. The van der Waals surface area contributed by atoms with Crippen molar-refractivity contribution in [3.05, 3.63) is 82.3 Å². The molecule has 2 aromatic heterocycles. The molecule has 4 aromatic rings. The Morgan fingerprint density at radius 1 is 0.833 bits per heavy atom. The summed E-state index contributed by atoms with van der Waals surface area (Å²) in [6, 6.07) is 16.8. The lowest BCUT2D eigenvalue weighted by atomic mass is 10.1. The molecule has 6 nitrogen and oxygen atoms in total. The van der Waals surface area contributed by atoms with Crippen LogP contribution in [-0.2, 0) is 22.6 Å². The number of ether oxygens (including phenoxy) is 1. The van der Waals surface area contributed by atoms with E-state index in [2.05, 4.69) is 9.97 Å². The predicted octanol–water partition coefficient (Wildman–Crippen LogP) is 4.32. The number of nitrogens with zero attached hydrogens (tertiary/aromatic N) is 2. The third-order valence-corrected chi connectivity index (χ3v) is 6.13. The van der Waals surface area contributed by atoms with Gasteiger partial charge in [0.1, 0.15) is 16.6 Å². The van der Waals surface area contributed by atoms with Crippen LogP contribution in [0.1, 0.15) is 21.7 Å². The summed E-state index contributed by atoms with van der Waals surface area (Å²) >= 11 is 2.95. The third kappa shape index (κ3) is 4.79. The zero-order valence-electron chi connectivity index (χ0n) is 15.8. The summed E-state index contributed by atoms with van der Waals surface area (Å²) in [6.07, 6.45) is 0.120. The largest absolute Gasteiger partial charge is 0.459 e. The van der Waals surface area contributed by atoms with E-state index >= 15 is 0 Å². The minimum Gasteiger partial charge on any atom is -0.459 e. The molecule has 1 amide bonds. The second-order valence-corrected chi connectivity index (χ2v) is 8.15. The Labute approximate surface area is 181 Å². The van der Waals surface area contributed by atoms with Crippen molar-refractivity contribution in [1.82, 2.24) is 9.97 Å². The van der Waals surface area contributed by atoms with Crippen LogP contribution in [0, 0.1) is 0 Å². The predicted molar refractivity (Wildman–Crippen MR) is 117 cm³/mol. The number of carbonyl (C=O) groups is 2. The minimum absolute atomic E-state index is 0.102. The van der Waals surface area contributed by atoms with Crippen molar-refractivity contribution >= 4 is 34.6 Å². The highest BCUT2D eigenvalue weighted by molar-refractivity contribution is 7.13. The van der Waals surface area contributed by atoms with E-state index in [9.17, 15) is 9.59 Å². The van der Waals surface area contributed by atoms with Gasteiger partial charge >= 0.3 is 5.97 Å². The van der Waals surface area contributed by atoms with Gasteiger partial charge in [-0.15, -0.1) is 22.7 Å². The van der Waals surface area contributed by atoms with Crippen molar-refractivity contribution in [1.29, 1.82) is 0 Å². The summed E-state index contributed by atoms with van der Waals surface area (Å²) in [5.41, 5.74) is 8.97. The Balaban J connectivity index is 1.32. The number of carbonyl (C=O) groups excluding carboxylic acids is 2. The van der Waals surface area contributed by atoms with Gasteiger partial charge in [0.15, 0.2) is 0 Å². The second kappa shape index (κ2) is 8.98. The maximum Gasteiger partial charge on any atom is 0.312 e. The average molecular weight is 436 g/mol. The second-order valence-electron chi connectivity index (χ2n) is 6.43. The van der Waals surface area contributed by atoms with Crippen LogP contribution in [0.3, 0.4) is 0 Å². The smallest absolute Gasteiger partial charge is 0.312 e. The first-order valence-corrected chi connectivity index (χ1v) is 10.8. The van der Waals surface area contributed by atoms with E-state index in [1.54, 1.807) is 24.3 Å². The molecule has 2 aromatic carbocycles. The lowest BCUT2D eigenvalue weighted by Crippen LogP contribution is -2.10. The Kier molecular flexibility index (Phi) is 5.97. The lowest BCUT2D eigenvalue weighted by molar-refractivity contribution is -0.144. The van der Waals surface area contributed by atoms with E-state index in [-0.39, 0.29) is 19.0 Å². The molecule has 0 bridgehead atoms. The molecule has 0 aliphatic carbocycles. The van der Waals surface area contributed by atoms with Crippen LogP contribution in [0.2, 0.25) is 0 Å². The highest BCUT2D eigenvalue weighted by Crippen LogP contribution is 2.25. The minimum atomic E-state index is -0.468. The van der Waals surface area contributed by atoms with Crippen molar-refractivity contribution in [3.8, 4) is 21.1 Å². The number of benzene rings is 2. The molecule has 0 aliphatic heterocycles. The molecule has 0 aliphatic rings. The zero-order chi connectivity index (χ0) is 20.9. The molecule has 0 radical (unpaired) electrons. The third-order valence-electron chi connectivity index (χ3n) is 4.25. The normalized spacial score (nSPS) is 10.7. The van der Waals surface area contributed by atoms with Crippen LogP contribution in [-0.4, -0.2) is 21.8 Å². The van der Waals surface area contributed by atoms with Gasteiger partial charge in [0.05, 0.1) is 17.8 Å². The van der Waals surface area contributed by atoms with Crippen LogP contribution in [0.15, 0.2) is 65.4 Å². The van der Waals surface area contributed by atoms with Crippen LogP contribution in [0.5, 0.6) is 0 Å². The molecule has 0 unspecified atom stereocenters. The standard InChI is InChI=1S/C22H17N3O3S2/c23-20(27)14-6-8-16(9-7-14)22-25-18(13-30-22)11-28-19(26)10-17-12-29-21(24-17)15-4-2-1-3-5-15/h1-9,12-13H,10-11H2,(H2,23,27). The first-order chi connectivity index (χ1) is 14.6. The van der Waals surface area contributed by atoms with Gasteiger partial charge in [0.25, 0.3) is 0 Å². The molecule has 8 heteroatoms. The average Bonchev–Trinajstić information content (AvgIpc) is 3.43. The Morgan fingerprint density at radius 2 is 1.43 bits per heavy atom. The summed E-state index contributed by atoms with van der Waals surface area (Å²) in [7, 11) is 0. The fourth-order valence-corrected chi connectivity index (χ4v) is 4.37. The van der Waals surface area contributed by atoms with Crippen molar-refractivity contribution in [2.75, 3.05) is 0 Å². The monoisotopic (exact) mass is 435 g/mol. The van der Waals surface area contributed by atoms with E-state index < -0.39 is 5.91 Å². The van der Waals surface area contributed by atoms with Crippen molar-refractivity contribution < 1.29 is 14.3 Å². The Hall–Kier alpha value is -3.36. The van der Waals surface area contributed by atoms with Gasteiger partial charge in [-0.25, -0.2) is 9.97 Å². The van der Waals surface area contributed by atoms with Gasteiger partial charge in [-0.3, -0.25) is 9.59 Å². The molecule has 0 spiro atoms. The molecule has 2 heterocycles. The van der Waals surface area contributed by atoms with E-state index in [4.69, 9.17) is 10.5 Å². The maximum absolute atomic E-state index is 12.2. The van der Waals surface area contributed by atoms with Gasteiger partial charge in [0, 0.05) is 27.5 Å². The molecule has 2 N–H and O–H groups in total. The molecule has 0 saturated heterocycles. The fraction of sp³-hybridized carbons (Fsp3) is 0.0909. The van der Waals surface area contributed by atoms with Crippen LogP contribution >= 0.6 is 22.7 Å². The molecule has 0 saturated carbocycles. The summed E-state index contributed by atoms with van der Waals surface area (Å²) in [5, 5.41) is 5.38. The number of primary amides is 1. The Morgan fingerprint density at radius 3 is 2.10 bits per heavy atom. The topological polar surface area (TPSA) is 95.2 Å². The lowest BCUT2D eigenvalue weighted by Gasteiger charge is -2.01. The fourth-order valence-electron chi connectivity index (χ4n) is 2.74. The van der Waals surface area contributed by atoms with E-state index in [0.29, 0.717) is 17.0 Å². The quantitative estimate of drug-likeness (QED) is 0.436. The SMILES string of the molecule is NC(=O)c1ccc(-c2nc(COC(=O)Cc3csc(-c4ccccc4)n3)cs2)cc1. The van der Waals surface area contributed by atoms with Crippen molar-refractivity contribution in [3.63, 3.8) is 0 Å². The Bertz CT molecular complexity index is 1170. The number of thiazole rings is 2. The van der Waals surface area contributed by atoms with E-state index in [1.165, 1.54) is 22.7 Å². The number of amides is 1. The first kappa shape index (κ1) is 19.9. The van der Waals surface area contributed by atoms with Crippen LogP contribution in [0.25, 0.3) is 21.1 Å². The number of hydrogen-bond donors (Lipinski definition) is 1. The van der Waals surface area contributed by atoms with Crippen molar-refractivity contribution in [2.45, 2.75) is 13.0 Å². The maximum atomic E-state index is 12.2. The number of hydrogen-bond acceptors (Lipinski definition) is 7. The molecule has 0 atom stereocenters. The summed E-state index contributed by atoms with van der Waals surface area (Å²) in [6.45, 7) is 0.102. The van der Waals surface area contributed by atoms with E-state index in [0.717, 1.165) is 21.1 Å². The highest BCUT2D eigenvalue weighted by Gasteiger charge is 2.12. The molecule has 4 rings (SSSR count). The molecular weight excluding hydrogens is 418 g/mol. The van der Waals surface area contributed by atoms with Gasteiger partial charge in [0.2, 0.25) is 5.91 Å². The van der Waals surface area contributed by atoms with Crippen molar-refractivity contribution in [2.24, 2.45) is 5.73 Å². The summed E-state index contributed by atoms with van der Waals surface area (Å²) < 4.78 is 5.36. The summed E-state index contributed by atoms with van der Waals surface area (Å²) in [5.74, 6) is -0.815. The number of aromatic nitrogens is 2. The molecule has 0 fully saturated rings. The van der Waals surface area contributed by atoms with Crippen LogP contribution in [0.4, 0.5) is 0 Å². The summed E-state index contributed by atoms with van der Waals surface area (Å²) in [4.78, 5) is 32.3.